The Balaban J connectivity index is 1.66. The molecule has 6 nitrogen and oxygen atoms in total. The van der Waals surface area contributed by atoms with Crippen molar-refractivity contribution in [2.45, 2.75) is 11.7 Å². The van der Waals surface area contributed by atoms with Gasteiger partial charge in [0.05, 0.1) is 40.2 Å². The summed E-state index contributed by atoms with van der Waals surface area (Å²) in [6.45, 7) is 0.262. The molecule has 0 spiro atoms. The smallest absolute Gasteiger partial charge is 0.266 e. The summed E-state index contributed by atoms with van der Waals surface area (Å²) in [5.41, 5.74) is 0.537. The van der Waals surface area contributed by atoms with E-state index in [1.54, 1.807) is 36.4 Å². The Kier molecular flexibility index (Phi) is 5.87. The Morgan fingerprint density at radius 1 is 1.20 bits per heavy atom. The van der Waals surface area contributed by atoms with Gasteiger partial charge in [-0.25, -0.2) is 9.37 Å². The molecular weight excluding hydrogens is 429 g/mol. The Morgan fingerprint density at radius 3 is 2.80 bits per heavy atom. The fraction of sp³-hybridized carbons (Fsp3) is 0.0952. The van der Waals surface area contributed by atoms with Crippen LogP contribution in [0.4, 0.5) is 4.39 Å². The molecule has 0 saturated heterocycles. The van der Waals surface area contributed by atoms with E-state index in [4.69, 9.17) is 16.0 Å². The van der Waals surface area contributed by atoms with Crippen molar-refractivity contribution in [3.63, 3.8) is 0 Å². The number of para-hydroxylation sites is 1. The van der Waals surface area contributed by atoms with Crippen LogP contribution in [0.2, 0.25) is 5.02 Å². The number of nitrogens with one attached hydrogen (secondary N) is 1. The molecule has 0 aliphatic rings. The van der Waals surface area contributed by atoms with Gasteiger partial charge < -0.3 is 9.73 Å². The van der Waals surface area contributed by atoms with Crippen LogP contribution in [0.3, 0.4) is 0 Å². The number of amides is 1. The van der Waals surface area contributed by atoms with E-state index in [1.165, 1.54) is 29.0 Å². The van der Waals surface area contributed by atoms with Crippen LogP contribution in [0, 0.1) is 5.82 Å². The molecular formula is C21H15ClFN3O3S. The number of benzene rings is 2. The molecule has 9 heteroatoms. The van der Waals surface area contributed by atoms with Crippen molar-refractivity contribution in [2.75, 3.05) is 5.75 Å². The molecule has 1 amide bonds. The second kappa shape index (κ2) is 8.73. The van der Waals surface area contributed by atoms with E-state index in [-0.39, 0.29) is 28.8 Å². The van der Waals surface area contributed by atoms with E-state index in [2.05, 4.69) is 10.3 Å². The Morgan fingerprint density at radius 2 is 2.03 bits per heavy atom. The number of carbonyl (C=O) groups is 1. The third-order valence-corrected chi connectivity index (χ3v) is 5.51. The van der Waals surface area contributed by atoms with E-state index in [9.17, 15) is 14.0 Å². The minimum Gasteiger partial charge on any atom is -0.467 e. The van der Waals surface area contributed by atoms with Crippen LogP contribution in [0.25, 0.3) is 16.6 Å². The molecule has 0 atom stereocenters. The lowest BCUT2D eigenvalue weighted by Crippen LogP contribution is -2.26. The van der Waals surface area contributed by atoms with Crippen molar-refractivity contribution in [1.29, 1.82) is 0 Å². The highest BCUT2D eigenvalue weighted by molar-refractivity contribution is 7.99. The van der Waals surface area contributed by atoms with Gasteiger partial charge in [-0.15, -0.1) is 0 Å². The first-order valence-corrected chi connectivity index (χ1v) is 10.3. The number of rotatable bonds is 6. The molecule has 0 aliphatic heterocycles. The van der Waals surface area contributed by atoms with Crippen LogP contribution < -0.4 is 10.9 Å². The summed E-state index contributed by atoms with van der Waals surface area (Å²) in [5.74, 6) is -0.174. The molecule has 0 fully saturated rings. The van der Waals surface area contributed by atoms with Crippen molar-refractivity contribution >= 4 is 40.2 Å². The second-order valence-electron chi connectivity index (χ2n) is 6.30. The zero-order valence-corrected chi connectivity index (χ0v) is 17.0. The van der Waals surface area contributed by atoms with Crippen molar-refractivity contribution in [3.05, 3.63) is 87.8 Å². The number of halogens is 2. The molecule has 4 rings (SSSR count). The summed E-state index contributed by atoms with van der Waals surface area (Å²) in [6, 6.07) is 14.4. The normalized spacial score (nSPS) is 11.0. The highest BCUT2D eigenvalue weighted by Crippen LogP contribution is 2.24. The lowest BCUT2D eigenvalue weighted by atomic mass is 10.2. The molecule has 152 valence electrons. The third-order valence-electron chi connectivity index (χ3n) is 4.28. The number of nitrogens with zero attached hydrogens (tertiary/aromatic N) is 2. The number of carbonyl (C=O) groups excluding carboxylic acids is 1. The second-order valence-corrected chi connectivity index (χ2v) is 7.64. The minimum absolute atomic E-state index is 0.0282. The van der Waals surface area contributed by atoms with Crippen molar-refractivity contribution < 1.29 is 13.6 Å². The first-order chi connectivity index (χ1) is 14.5. The average molecular weight is 444 g/mol. The number of hydrogen-bond donors (Lipinski definition) is 1. The quantitative estimate of drug-likeness (QED) is 0.357. The molecule has 2 aromatic heterocycles. The van der Waals surface area contributed by atoms with Gasteiger partial charge >= 0.3 is 0 Å². The van der Waals surface area contributed by atoms with Crippen molar-refractivity contribution in [3.8, 4) is 5.69 Å². The zero-order valence-electron chi connectivity index (χ0n) is 15.5. The molecule has 0 unspecified atom stereocenters. The molecule has 30 heavy (non-hydrogen) atoms. The van der Waals surface area contributed by atoms with Crippen molar-refractivity contribution in [1.82, 2.24) is 14.9 Å². The molecule has 0 radical (unpaired) electrons. The van der Waals surface area contributed by atoms with Gasteiger partial charge in [0.2, 0.25) is 5.91 Å². The van der Waals surface area contributed by atoms with Gasteiger partial charge in [-0.3, -0.25) is 14.2 Å². The van der Waals surface area contributed by atoms with Crippen LogP contribution in [0.5, 0.6) is 0 Å². The van der Waals surface area contributed by atoms with E-state index in [1.807, 2.05) is 0 Å². The van der Waals surface area contributed by atoms with Gasteiger partial charge in [0.1, 0.15) is 11.6 Å². The van der Waals surface area contributed by atoms with Crippen LogP contribution in [-0.4, -0.2) is 21.2 Å². The van der Waals surface area contributed by atoms with E-state index < -0.39 is 5.82 Å². The van der Waals surface area contributed by atoms with Crippen LogP contribution in [0.1, 0.15) is 5.76 Å². The number of aromatic nitrogens is 2. The SMILES string of the molecule is O=C(CSc1nc2ccccc2c(=O)n1-c1ccc(F)c(Cl)c1)NCc1ccco1. The van der Waals surface area contributed by atoms with Gasteiger partial charge in [-0.2, -0.15) is 0 Å². The summed E-state index contributed by atoms with van der Waals surface area (Å²) in [5, 5.41) is 3.34. The average Bonchev–Trinajstić information content (AvgIpc) is 3.27. The fourth-order valence-electron chi connectivity index (χ4n) is 2.84. The maximum Gasteiger partial charge on any atom is 0.266 e. The minimum atomic E-state index is -0.589. The van der Waals surface area contributed by atoms with Crippen molar-refractivity contribution in [2.24, 2.45) is 0 Å². The van der Waals surface area contributed by atoms with E-state index >= 15 is 0 Å². The lowest BCUT2D eigenvalue weighted by molar-refractivity contribution is -0.118. The van der Waals surface area contributed by atoms with Gasteiger partial charge in [-0.05, 0) is 42.5 Å². The van der Waals surface area contributed by atoms with Gasteiger partial charge in [0, 0.05) is 0 Å². The summed E-state index contributed by atoms with van der Waals surface area (Å²) in [4.78, 5) is 29.9. The van der Waals surface area contributed by atoms with Gasteiger partial charge in [0.15, 0.2) is 5.16 Å². The molecule has 2 aromatic carbocycles. The van der Waals surface area contributed by atoms with Crippen LogP contribution in [0.15, 0.2) is 75.2 Å². The Labute approximate surface area is 179 Å². The molecule has 0 saturated carbocycles. The molecule has 0 aliphatic carbocycles. The summed E-state index contributed by atoms with van der Waals surface area (Å²) in [6.07, 6.45) is 1.53. The topological polar surface area (TPSA) is 77.1 Å². The van der Waals surface area contributed by atoms with Crippen LogP contribution in [-0.2, 0) is 11.3 Å². The number of thioether (sulfide) groups is 1. The third kappa shape index (κ3) is 4.24. The zero-order chi connectivity index (χ0) is 21.1. The van der Waals surface area contributed by atoms with Gasteiger partial charge in [-0.1, -0.05) is 35.5 Å². The molecule has 1 N–H and O–H groups in total. The molecule has 2 heterocycles. The maximum atomic E-state index is 13.6. The number of hydrogen-bond acceptors (Lipinski definition) is 5. The number of fused-ring (bicyclic) bond motifs is 1. The van der Waals surface area contributed by atoms with Gasteiger partial charge in [0.25, 0.3) is 5.56 Å². The Bertz CT molecular complexity index is 1270. The lowest BCUT2D eigenvalue weighted by Gasteiger charge is -2.13. The van der Waals surface area contributed by atoms with E-state index in [0.717, 1.165) is 11.8 Å². The summed E-state index contributed by atoms with van der Waals surface area (Å²) < 4.78 is 20.1. The molecule has 4 aromatic rings. The highest BCUT2D eigenvalue weighted by atomic mass is 35.5. The predicted molar refractivity (Wildman–Crippen MR) is 114 cm³/mol. The fourth-order valence-corrected chi connectivity index (χ4v) is 3.86. The predicted octanol–water partition coefficient (Wildman–Crippen LogP) is 4.18. The van der Waals surface area contributed by atoms with Crippen LogP contribution >= 0.6 is 23.4 Å². The van der Waals surface area contributed by atoms with E-state index in [0.29, 0.717) is 27.5 Å². The maximum absolute atomic E-state index is 13.6. The summed E-state index contributed by atoms with van der Waals surface area (Å²) in [7, 11) is 0. The first-order valence-electron chi connectivity index (χ1n) is 8.92. The molecule has 0 bridgehead atoms. The summed E-state index contributed by atoms with van der Waals surface area (Å²) >= 11 is 7.01. The monoisotopic (exact) mass is 443 g/mol. The first kappa shape index (κ1) is 20.2. The Hall–Kier alpha value is -3.10. The standard InChI is InChI=1S/C21H15ClFN3O3S/c22-16-10-13(7-8-17(16)23)26-20(28)15-5-1-2-6-18(15)25-21(26)30-12-19(27)24-11-14-4-3-9-29-14/h1-10H,11-12H2,(H,24,27). The number of furan rings is 1. The largest absolute Gasteiger partial charge is 0.467 e. The highest BCUT2D eigenvalue weighted by Gasteiger charge is 2.16.